The second kappa shape index (κ2) is 5.51. The van der Waals surface area contributed by atoms with Gasteiger partial charge in [-0.3, -0.25) is 0 Å². The van der Waals surface area contributed by atoms with E-state index in [1.165, 1.54) is 0 Å². The molecule has 3 rings (SSSR count). The minimum atomic E-state index is -0.0900. The first kappa shape index (κ1) is 12.9. The van der Waals surface area contributed by atoms with E-state index in [1.54, 1.807) is 16.0 Å². The number of nitrogens with two attached hydrogens (primary N) is 1. The molecule has 2 N–H and O–H groups in total. The Morgan fingerprint density at radius 2 is 2.40 bits per heavy atom. The normalized spacial score (nSPS) is 12.7. The first-order valence-corrected chi connectivity index (χ1v) is 7.21. The van der Waals surface area contributed by atoms with Gasteiger partial charge >= 0.3 is 0 Å². The highest BCUT2D eigenvalue weighted by molar-refractivity contribution is 7.08. The van der Waals surface area contributed by atoms with Crippen LogP contribution in [-0.4, -0.2) is 25.1 Å². The maximum Gasteiger partial charge on any atom is 0.248 e. The van der Waals surface area contributed by atoms with E-state index < -0.39 is 0 Å². The van der Waals surface area contributed by atoms with E-state index in [4.69, 9.17) is 10.3 Å². The average Bonchev–Trinajstić information content (AvgIpc) is 3.19. The predicted molar refractivity (Wildman–Crippen MR) is 74.0 cm³/mol. The Morgan fingerprint density at radius 1 is 1.50 bits per heavy atom. The highest BCUT2D eigenvalue weighted by Crippen LogP contribution is 2.19. The largest absolute Gasteiger partial charge is 0.337 e. The molecule has 0 aliphatic heterocycles. The molecule has 3 aromatic rings. The topological polar surface area (TPSA) is 95.7 Å². The Bertz CT molecular complexity index is 674. The molecule has 0 aromatic carbocycles. The predicted octanol–water partition coefficient (Wildman–Crippen LogP) is 1.85. The van der Waals surface area contributed by atoms with E-state index in [0.717, 1.165) is 17.7 Å². The number of aromatic nitrogens is 5. The zero-order valence-corrected chi connectivity index (χ0v) is 11.7. The molecule has 0 radical (unpaired) electrons. The Hall–Kier alpha value is -2.06. The maximum absolute atomic E-state index is 5.90. The summed E-state index contributed by atoms with van der Waals surface area (Å²) < 4.78 is 6.86. The van der Waals surface area contributed by atoms with Crippen molar-refractivity contribution in [3.8, 4) is 11.4 Å². The van der Waals surface area contributed by atoms with Gasteiger partial charge in [-0.05, 0) is 17.9 Å². The quantitative estimate of drug-likeness (QED) is 0.770. The van der Waals surface area contributed by atoms with Gasteiger partial charge in [-0.2, -0.15) is 16.3 Å². The highest BCUT2D eigenvalue weighted by atomic mass is 32.1. The molecule has 0 spiro atoms. The van der Waals surface area contributed by atoms with E-state index in [-0.39, 0.29) is 6.04 Å². The third-order valence-electron chi connectivity index (χ3n) is 2.92. The van der Waals surface area contributed by atoms with Crippen molar-refractivity contribution < 1.29 is 4.52 Å². The lowest BCUT2D eigenvalue weighted by Crippen LogP contribution is -2.08. The van der Waals surface area contributed by atoms with Crippen LogP contribution in [0, 0.1) is 0 Å². The summed E-state index contributed by atoms with van der Waals surface area (Å²) in [6.07, 6.45) is 2.63. The van der Waals surface area contributed by atoms with Crippen molar-refractivity contribution in [2.24, 2.45) is 5.73 Å². The minimum absolute atomic E-state index is 0.0900. The molecule has 0 aliphatic rings. The maximum atomic E-state index is 5.90. The van der Waals surface area contributed by atoms with E-state index >= 15 is 0 Å². The second-order valence-electron chi connectivity index (χ2n) is 4.38. The van der Waals surface area contributed by atoms with E-state index in [1.807, 2.05) is 29.9 Å². The van der Waals surface area contributed by atoms with Crippen molar-refractivity contribution in [3.05, 3.63) is 34.6 Å². The lowest BCUT2D eigenvalue weighted by Gasteiger charge is -2.01. The summed E-state index contributed by atoms with van der Waals surface area (Å²) in [6.45, 7) is 2.40. The third kappa shape index (κ3) is 2.61. The van der Waals surface area contributed by atoms with Crippen LogP contribution in [0.25, 0.3) is 11.4 Å². The van der Waals surface area contributed by atoms with Gasteiger partial charge in [0, 0.05) is 10.9 Å². The highest BCUT2D eigenvalue weighted by Gasteiger charge is 2.12. The fraction of sp³-hybridized carbons (Fsp3) is 0.333. The number of hydrogen-bond donors (Lipinski definition) is 1. The molecule has 3 heterocycles. The first-order chi connectivity index (χ1) is 9.76. The van der Waals surface area contributed by atoms with Gasteiger partial charge in [0.15, 0.2) is 0 Å². The fourth-order valence-corrected chi connectivity index (χ4v) is 2.37. The summed E-state index contributed by atoms with van der Waals surface area (Å²) in [5.41, 5.74) is 7.63. The standard InChI is InChI=1S/C12H14N6OS/c1-2-9(13)10-5-18(17-15-10)6-11-14-12(16-19-11)8-3-4-20-7-8/h3-5,7,9H,2,6,13H2,1H3. The van der Waals surface area contributed by atoms with Crippen LogP contribution in [0.2, 0.25) is 0 Å². The van der Waals surface area contributed by atoms with Gasteiger partial charge in [0.2, 0.25) is 11.7 Å². The molecule has 0 bridgehead atoms. The number of hydrogen-bond acceptors (Lipinski definition) is 7. The number of rotatable bonds is 5. The molecule has 0 fully saturated rings. The second-order valence-corrected chi connectivity index (χ2v) is 5.16. The lowest BCUT2D eigenvalue weighted by atomic mass is 10.2. The van der Waals surface area contributed by atoms with Crippen LogP contribution in [0.4, 0.5) is 0 Å². The van der Waals surface area contributed by atoms with Gasteiger partial charge in [0.25, 0.3) is 0 Å². The molecule has 1 atom stereocenters. The molecule has 0 amide bonds. The van der Waals surface area contributed by atoms with Crippen LogP contribution < -0.4 is 5.73 Å². The van der Waals surface area contributed by atoms with Crippen molar-refractivity contribution in [1.82, 2.24) is 25.1 Å². The average molecular weight is 290 g/mol. The van der Waals surface area contributed by atoms with Crippen molar-refractivity contribution in [2.75, 3.05) is 0 Å². The van der Waals surface area contributed by atoms with Crippen LogP contribution in [0.5, 0.6) is 0 Å². The van der Waals surface area contributed by atoms with Gasteiger partial charge in [0.1, 0.15) is 6.54 Å². The number of nitrogens with zero attached hydrogens (tertiary/aromatic N) is 5. The minimum Gasteiger partial charge on any atom is -0.337 e. The molecule has 0 saturated heterocycles. The summed E-state index contributed by atoms with van der Waals surface area (Å²) >= 11 is 1.59. The molecule has 20 heavy (non-hydrogen) atoms. The Labute approximate surface area is 119 Å². The zero-order valence-electron chi connectivity index (χ0n) is 10.9. The van der Waals surface area contributed by atoms with Gasteiger partial charge < -0.3 is 10.3 Å². The molecule has 1 unspecified atom stereocenters. The van der Waals surface area contributed by atoms with Gasteiger partial charge in [-0.15, -0.1) is 5.10 Å². The van der Waals surface area contributed by atoms with Crippen molar-refractivity contribution in [3.63, 3.8) is 0 Å². The Morgan fingerprint density at radius 3 is 3.15 bits per heavy atom. The fourth-order valence-electron chi connectivity index (χ4n) is 1.74. The summed E-state index contributed by atoms with van der Waals surface area (Å²) in [4.78, 5) is 4.33. The van der Waals surface area contributed by atoms with Crippen molar-refractivity contribution in [2.45, 2.75) is 25.9 Å². The van der Waals surface area contributed by atoms with Crippen LogP contribution in [0.3, 0.4) is 0 Å². The van der Waals surface area contributed by atoms with Gasteiger partial charge in [-0.25, -0.2) is 4.68 Å². The summed E-state index contributed by atoms with van der Waals surface area (Å²) in [5.74, 6) is 1.08. The molecule has 0 aliphatic carbocycles. The molecule has 8 heteroatoms. The lowest BCUT2D eigenvalue weighted by molar-refractivity contribution is 0.364. The first-order valence-electron chi connectivity index (χ1n) is 6.27. The monoisotopic (exact) mass is 290 g/mol. The van der Waals surface area contributed by atoms with Crippen molar-refractivity contribution >= 4 is 11.3 Å². The van der Waals surface area contributed by atoms with E-state index in [2.05, 4.69) is 20.5 Å². The smallest absolute Gasteiger partial charge is 0.248 e. The summed E-state index contributed by atoms with van der Waals surface area (Å²) in [7, 11) is 0. The van der Waals surface area contributed by atoms with Crippen LogP contribution in [0.1, 0.15) is 31.0 Å². The Kier molecular flexibility index (Phi) is 3.57. The van der Waals surface area contributed by atoms with E-state index in [9.17, 15) is 0 Å². The van der Waals surface area contributed by atoms with E-state index in [0.29, 0.717) is 18.3 Å². The van der Waals surface area contributed by atoms with Crippen molar-refractivity contribution in [1.29, 1.82) is 0 Å². The molecular weight excluding hydrogens is 276 g/mol. The third-order valence-corrected chi connectivity index (χ3v) is 3.60. The number of thiophene rings is 1. The molecule has 104 valence electrons. The molecular formula is C12H14N6OS. The molecule has 0 saturated carbocycles. The van der Waals surface area contributed by atoms with Gasteiger partial charge in [-0.1, -0.05) is 17.3 Å². The van der Waals surface area contributed by atoms with Crippen LogP contribution in [0.15, 0.2) is 27.5 Å². The summed E-state index contributed by atoms with van der Waals surface area (Å²) in [6, 6.07) is 1.86. The molecule has 3 aromatic heterocycles. The zero-order chi connectivity index (χ0) is 13.9. The van der Waals surface area contributed by atoms with Crippen LogP contribution in [-0.2, 0) is 6.54 Å². The molecule has 7 nitrogen and oxygen atoms in total. The van der Waals surface area contributed by atoms with Crippen LogP contribution >= 0.6 is 11.3 Å². The van der Waals surface area contributed by atoms with Gasteiger partial charge in [0.05, 0.1) is 17.9 Å². The Balaban J connectivity index is 1.73. The SMILES string of the molecule is CCC(N)c1cn(Cc2nc(-c3ccsc3)no2)nn1. The summed E-state index contributed by atoms with van der Waals surface area (Å²) in [5, 5.41) is 15.9.